The van der Waals surface area contributed by atoms with Crippen LogP contribution >= 0.6 is 0 Å². The number of aromatic nitrogens is 1. The predicted octanol–water partition coefficient (Wildman–Crippen LogP) is 3.33. The zero-order valence-electron chi connectivity index (χ0n) is 11.7. The fourth-order valence-corrected chi connectivity index (χ4v) is 3.04. The molecular weight excluding hydrogens is 266 g/mol. The first-order chi connectivity index (χ1) is 10.2. The lowest BCUT2D eigenvalue weighted by atomic mass is 10.1. The Balaban J connectivity index is 2.20. The Morgan fingerprint density at radius 2 is 1.81 bits per heavy atom. The van der Waals surface area contributed by atoms with E-state index in [1.165, 1.54) is 12.3 Å². The molecule has 1 aromatic carbocycles. The van der Waals surface area contributed by atoms with Crippen LogP contribution in [0.3, 0.4) is 0 Å². The van der Waals surface area contributed by atoms with E-state index in [-0.39, 0.29) is 11.6 Å². The third kappa shape index (κ3) is 2.61. The highest BCUT2D eigenvalue weighted by atomic mass is 16.4. The summed E-state index contributed by atoms with van der Waals surface area (Å²) in [6.07, 6.45) is 5.87. The fourth-order valence-electron chi connectivity index (χ4n) is 3.04. The van der Waals surface area contributed by atoms with Crippen molar-refractivity contribution in [3.8, 4) is 11.3 Å². The van der Waals surface area contributed by atoms with Gasteiger partial charge < -0.3 is 9.67 Å². The zero-order chi connectivity index (χ0) is 14.8. The summed E-state index contributed by atoms with van der Waals surface area (Å²) in [6.45, 7) is 0. The number of nitrogens with zero attached hydrogens (tertiary/aromatic N) is 1. The maximum atomic E-state index is 12.0. The van der Waals surface area contributed by atoms with Gasteiger partial charge in [-0.15, -0.1) is 0 Å². The molecule has 1 aliphatic carbocycles. The zero-order valence-corrected chi connectivity index (χ0v) is 11.7. The van der Waals surface area contributed by atoms with Crippen LogP contribution < -0.4 is 5.43 Å². The Hall–Kier alpha value is -2.36. The average molecular weight is 283 g/mol. The van der Waals surface area contributed by atoms with Crippen molar-refractivity contribution in [3.63, 3.8) is 0 Å². The van der Waals surface area contributed by atoms with Crippen LogP contribution in [0.2, 0.25) is 0 Å². The fraction of sp³-hybridized carbons (Fsp3) is 0.294. The maximum Gasteiger partial charge on any atom is 0.341 e. The normalized spacial score (nSPS) is 15.2. The van der Waals surface area contributed by atoms with Crippen molar-refractivity contribution in [3.05, 3.63) is 58.4 Å². The number of aromatic carboxylic acids is 1. The van der Waals surface area contributed by atoms with Crippen molar-refractivity contribution in [1.29, 1.82) is 0 Å². The topological polar surface area (TPSA) is 59.3 Å². The number of carboxylic acid groups (broad SMARTS) is 1. The van der Waals surface area contributed by atoms with Crippen LogP contribution in [0.15, 0.2) is 47.4 Å². The molecule has 21 heavy (non-hydrogen) atoms. The third-order valence-corrected chi connectivity index (χ3v) is 4.10. The van der Waals surface area contributed by atoms with Gasteiger partial charge >= 0.3 is 5.97 Å². The van der Waals surface area contributed by atoms with Gasteiger partial charge in [0.1, 0.15) is 5.56 Å². The van der Waals surface area contributed by atoms with Crippen LogP contribution in [-0.4, -0.2) is 15.6 Å². The molecule has 0 unspecified atom stereocenters. The summed E-state index contributed by atoms with van der Waals surface area (Å²) >= 11 is 0. The van der Waals surface area contributed by atoms with Crippen molar-refractivity contribution in [2.75, 3.05) is 0 Å². The Labute approximate surface area is 122 Å². The molecule has 2 aromatic rings. The Morgan fingerprint density at radius 1 is 1.14 bits per heavy atom. The highest BCUT2D eigenvalue weighted by molar-refractivity contribution is 5.87. The molecule has 1 saturated carbocycles. The van der Waals surface area contributed by atoms with E-state index in [2.05, 4.69) is 0 Å². The van der Waals surface area contributed by atoms with Gasteiger partial charge in [-0.3, -0.25) is 4.79 Å². The quantitative estimate of drug-likeness (QED) is 0.940. The molecule has 0 spiro atoms. The van der Waals surface area contributed by atoms with Gasteiger partial charge in [0.15, 0.2) is 5.43 Å². The molecular formula is C17H17NO3. The average Bonchev–Trinajstić information content (AvgIpc) is 3.01. The van der Waals surface area contributed by atoms with Crippen LogP contribution in [0.25, 0.3) is 11.3 Å². The Morgan fingerprint density at radius 3 is 2.43 bits per heavy atom. The molecule has 1 aliphatic rings. The molecule has 1 heterocycles. The second-order valence-electron chi connectivity index (χ2n) is 5.45. The van der Waals surface area contributed by atoms with Gasteiger partial charge in [0.2, 0.25) is 0 Å². The van der Waals surface area contributed by atoms with E-state index in [0.717, 1.165) is 36.9 Å². The van der Waals surface area contributed by atoms with Gasteiger partial charge in [-0.2, -0.15) is 0 Å². The van der Waals surface area contributed by atoms with Crippen LogP contribution in [-0.2, 0) is 0 Å². The minimum atomic E-state index is -1.16. The number of pyridine rings is 1. The largest absolute Gasteiger partial charge is 0.477 e. The van der Waals surface area contributed by atoms with E-state index in [1.807, 2.05) is 34.9 Å². The van der Waals surface area contributed by atoms with Gasteiger partial charge in [0.25, 0.3) is 0 Å². The number of hydrogen-bond donors (Lipinski definition) is 1. The van der Waals surface area contributed by atoms with Crippen LogP contribution in [0.5, 0.6) is 0 Å². The lowest BCUT2D eigenvalue weighted by molar-refractivity contribution is 0.0694. The molecule has 1 aromatic heterocycles. The lowest BCUT2D eigenvalue weighted by Gasteiger charge is -2.20. The monoisotopic (exact) mass is 283 g/mol. The molecule has 0 aliphatic heterocycles. The Bertz CT molecular complexity index is 713. The minimum absolute atomic E-state index is 0.151. The van der Waals surface area contributed by atoms with Crippen LogP contribution in [0.1, 0.15) is 42.1 Å². The van der Waals surface area contributed by atoms with Crippen molar-refractivity contribution in [2.45, 2.75) is 31.7 Å². The summed E-state index contributed by atoms with van der Waals surface area (Å²) in [5.41, 5.74) is 1.16. The van der Waals surface area contributed by atoms with Crippen molar-refractivity contribution in [2.24, 2.45) is 0 Å². The molecule has 0 bridgehead atoms. The number of carboxylic acids is 1. The van der Waals surface area contributed by atoms with E-state index >= 15 is 0 Å². The van der Waals surface area contributed by atoms with Gasteiger partial charge in [0, 0.05) is 18.3 Å². The number of carbonyl (C=O) groups is 1. The molecule has 0 atom stereocenters. The second-order valence-corrected chi connectivity index (χ2v) is 5.45. The lowest BCUT2D eigenvalue weighted by Crippen LogP contribution is -2.20. The van der Waals surface area contributed by atoms with Gasteiger partial charge in [-0.1, -0.05) is 43.2 Å². The molecule has 0 amide bonds. The molecule has 3 rings (SSSR count). The molecule has 108 valence electrons. The summed E-state index contributed by atoms with van der Waals surface area (Å²) in [4.78, 5) is 23.3. The SMILES string of the molecule is O=C(O)c1cn(C2CCCC2)c(-c2ccccc2)cc1=O. The van der Waals surface area contributed by atoms with E-state index < -0.39 is 11.4 Å². The first kappa shape index (κ1) is 13.6. The first-order valence-corrected chi connectivity index (χ1v) is 7.22. The van der Waals surface area contributed by atoms with E-state index in [9.17, 15) is 14.7 Å². The van der Waals surface area contributed by atoms with Gasteiger partial charge in [-0.05, 0) is 18.4 Å². The van der Waals surface area contributed by atoms with Crippen molar-refractivity contribution in [1.82, 2.24) is 4.57 Å². The highest BCUT2D eigenvalue weighted by Gasteiger charge is 2.21. The summed E-state index contributed by atoms with van der Waals surface area (Å²) in [7, 11) is 0. The van der Waals surface area contributed by atoms with Gasteiger partial charge in [0.05, 0.1) is 5.69 Å². The van der Waals surface area contributed by atoms with Crippen molar-refractivity contribution < 1.29 is 9.90 Å². The molecule has 4 nitrogen and oxygen atoms in total. The second kappa shape index (κ2) is 5.56. The molecule has 1 fully saturated rings. The number of rotatable bonds is 3. The number of benzene rings is 1. The van der Waals surface area contributed by atoms with E-state index in [4.69, 9.17) is 0 Å². The third-order valence-electron chi connectivity index (χ3n) is 4.10. The predicted molar refractivity (Wildman–Crippen MR) is 80.6 cm³/mol. The minimum Gasteiger partial charge on any atom is -0.477 e. The van der Waals surface area contributed by atoms with E-state index in [1.54, 1.807) is 0 Å². The van der Waals surface area contributed by atoms with Crippen LogP contribution in [0.4, 0.5) is 0 Å². The molecule has 4 heteroatoms. The summed E-state index contributed by atoms with van der Waals surface area (Å²) in [5, 5.41) is 9.18. The first-order valence-electron chi connectivity index (χ1n) is 7.22. The summed E-state index contributed by atoms with van der Waals surface area (Å²) < 4.78 is 1.98. The Kier molecular flexibility index (Phi) is 3.60. The summed E-state index contributed by atoms with van der Waals surface area (Å²) in [6, 6.07) is 11.4. The van der Waals surface area contributed by atoms with Crippen molar-refractivity contribution >= 4 is 5.97 Å². The standard InChI is InChI=1S/C17H17NO3/c19-16-10-15(12-6-2-1-3-7-12)18(11-14(16)17(20)21)13-8-4-5-9-13/h1-3,6-7,10-11,13H,4-5,8-9H2,(H,20,21). The maximum absolute atomic E-state index is 12.0. The smallest absolute Gasteiger partial charge is 0.341 e. The van der Waals surface area contributed by atoms with E-state index in [0.29, 0.717) is 0 Å². The van der Waals surface area contributed by atoms with Gasteiger partial charge in [-0.25, -0.2) is 4.79 Å². The highest BCUT2D eigenvalue weighted by Crippen LogP contribution is 2.33. The molecule has 0 radical (unpaired) electrons. The van der Waals surface area contributed by atoms with Crippen LogP contribution in [0, 0.1) is 0 Å². The summed E-state index contributed by atoms with van der Waals surface area (Å²) in [5.74, 6) is -1.16. The molecule has 1 N–H and O–H groups in total. The molecule has 0 saturated heterocycles. The number of hydrogen-bond acceptors (Lipinski definition) is 2.